The molecule has 0 amide bonds. The topological polar surface area (TPSA) is 18.5 Å². The molecule has 0 aliphatic carbocycles. The monoisotopic (exact) mass is 265 g/mol. The van der Waals surface area contributed by atoms with Crippen LogP contribution in [0, 0.1) is 5.92 Å². The molecule has 2 bridgehead atoms. The first-order chi connectivity index (χ1) is 9.33. The van der Waals surface area contributed by atoms with Crippen molar-refractivity contribution in [1.82, 2.24) is 15.1 Å². The first-order valence-electron chi connectivity index (χ1n) is 8.48. The third kappa shape index (κ3) is 3.50. The van der Waals surface area contributed by atoms with Crippen LogP contribution in [0.15, 0.2) is 0 Å². The summed E-state index contributed by atoms with van der Waals surface area (Å²) in [7, 11) is 2.35. The highest BCUT2D eigenvalue weighted by Crippen LogP contribution is 2.28. The van der Waals surface area contributed by atoms with Crippen molar-refractivity contribution in [3.8, 4) is 0 Å². The Morgan fingerprint density at radius 3 is 2.84 bits per heavy atom. The summed E-state index contributed by atoms with van der Waals surface area (Å²) in [5.41, 5.74) is 0. The van der Waals surface area contributed by atoms with E-state index in [1.54, 1.807) is 0 Å². The molecule has 110 valence electrons. The SMILES string of the molecule is CN1C2CCC1CN(CCCC1CCCNC1)CC2. The Bertz CT molecular complexity index is 275. The summed E-state index contributed by atoms with van der Waals surface area (Å²) in [6.45, 7) is 6.53. The molecule has 0 spiro atoms. The van der Waals surface area contributed by atoms with Crippen LogP contribution in [0.1, 0.15) is 44.9 Å². The van der Waals surface area contributed by atoms with Gasteiger partial charge in [-0.2, -0.15) is 0 Å². The lowest BCUT2D eigenvalue weighted by Gasteiger charge is -2.27. The maximum Gasteiger partial charge on any atom is 0.0223 e. The number of nitrogens with one attached hydrogen (secondary N) is 1. The lowest BCUT2D eigenvalue weighted by molar-refractivity contribution is 0.212. The van der Waals surface area contributed by atoms with Crippen LogP contribution >= 0.6 is 0 Å². The van der Waals surface area contributed by atoms with E-state index in [9.17, 15) is 0 Å². The van der Waals surface area contributed by atoms with Gasteiger partial charge in [0, 0.05) is 18.6 Å². The Balaban J connectivity index is 1.38. The van der Waals surface area contributed by atoms with E-state index >= 15 is 0 Å². The van der Waals surface area contributed by atoms with E-state index in [0.717, 1.165) is 18.0 Å². The standard InChI is InChI=1S/C16H31N3/c1-18-15-6-7-16(18)13-19(11-8-15)10-3-5-14-4-2-9-17-12-14/h14-17H,2-13H2,1H3. The number of fused-ring (bicyclic) bond motifs is 2. The fraction of sp³-hybridized carbons (Fsp3) is 1.00. The molecule has 3 aliphatic rings. The Morgan fingerprint density at radius 2 is 2.00 bits per heavy atom. The van der Waals surface area contributed by atoms with E-state index < -0.39 is 0 Å². The van der Waals surface area contributed by atoms with Crippen LogP contribution in [0.5, 0.6) is 0 Å². The summed E-state index contributed by atoms with van der Waals surface area (Å²) < 4.78 is 0. The van der Waals surface area contributed by atoms with Gasteiger partial charge in [0.05, 0.1) is 0 Å². The molecular formula is C16H31N3. The Hall–Kier alpha value is -0.120. The van der Waals surface area contributed by atoms with Gasteiger partial charge in [-0.05, 0) is 84.1 Å². The van der Waals surface area contributed by atoms with Crippen molar-refractivity contribution in [1.29, 1.82) is 0 Å². The maximum absolute atomic E-state index is 3.54. The van der Waals surface area contributed by atoms with Crippen molar-refractivity contribution in [2.75, 3.05) is 39.8 Å². The molecule has 3 heteroatoms. The molecule has 19 heavy (non-hydrogen) atoms. The molecule has 3 unspecified atom stereocenters. The summed E-state index contributed by atoms with van der Waals surface area (Å²) >= 11 is 0. The van der Waals surface area contributed by atoms with Crippen molar-refractivity contribution in [2.24, 2.45) is 5.92 Å². The highest BCUT2D eigenvalue weighted by Gasteiger charge is 2.34. The quantitative estimate of drug-likeness (QED) is 0.838. The van der Waals surface area contributed by atoms with E-state index in [0.29, 0.717) is 0 Å². The van der Waals surface area contributed by atoms with Gasteiger partial charge < -0.3 is 10.2 Å². The van der Waals surface area contributed by atoms with E-state index in [4.69, 9.17) is 0 Å². The smallest absolute Gasteiger partial charge is 0.0223 e. The minimum atomic E-state index is 0.851. The van der Waals surface area contributed by atoms with Crippen LogP contribution in [0.3, 0.4) is 0 Å². The van der Waals surface area contributed by atoms with Gasteiger partial charge in [-0.3, -0.25) is 4.90 Å². The zero-order valence-electron chi connectivity index (χ0n) is 12.6. The molecule has 3 aliphatic heterocycles. The second-order valence-electron chi connectivity index (χ2n) is 6.99. The van der Waals surface area contributed by atoms with Gasteiger partial charge in [-0.1, -0.05) is 0 Å². The second-order valence-corrected chi connectivity index (χ2v) is 6.99. The third-order valence-electron chi connectivity index (χ3n) is 5.72. The summed E-state index contributed by atoms with van der Waals surface area (Å²) in [5.74, 6) is 0.958. The van der Waals surface area contributed by atoms with Crippen molar-refractivity contribution in [3.05, 3.63) is 0 Å². The van der Waals surface area contributed by atoms with Gasteiger partial charge in [-0.15, -0.1) is 0 Å². The Kier molecular flexibility index (Phi) is 4.78. The molecule has 0 radical (unpaired) electrons. The van der Waals surface area contributed by atoms with Gasteiger partial charge in [-0.25, -0.2) is 0 Å². The second kappa shape index (κ2) is 6.55. The summed E-state index contributed by atoms with van der Waals surface area (Å²) in [6.07, 6.45) is 9.98. The molecule has 3 fully saturated rings. The van der Waals surface area contributed by atoms with E-state index in [1.807, 2.05) is 0 Å². The molecule has 3 heterocycles. The molecule has 0 aromatic rings. The number of likely N-dealkylation sites (tertiary alicyclic amines) is 1. The fourth-order valence-electron chi connectivity index (χ4n) is 4.36. The summed E-state index contributed by atoms with van der Waals surface area (Å²) in [5, 5.41) is 3.54. The Labute approximate surface area is 118 Å². The average Bonchev–Trinajstić information content (AvgIpc) is 2.68. The highest BCUT2D eigenvalue weighted by atomic mass is 15.3. The summed E-state index contributed by atoms with van der Waals surface area (Å²) in [6, 6.07) is 1.74. The Morgan fingerprint density at radius 1 is 1.11 bits per heavy atom. The van der Waals surface area contributed by atoms with Crippen LogP contribution in [0.4, 0.5) is 0 Å². The van der Waals surface area contributed by atoms with Crippen molar-refractivity contribution < 1.29 is 0 Å². The minimum Gasteiger partial charge on any atom is -0.316 e. The largest absolute Gasteiger partial charge is 0.316 e. The first kappa shape index (κ1) is 13.8. The van der Waals surface area contributed by atoms with Crippen molar-refractivity contribution in [2.45, 2.75) is 57.0 Å². The van der Waals surface area contributed by atoms with Crippen LogP contribution < -0.4 is 5.32 Å². The van der Waals surface area contributed by atoms with Gasteiger partial charge in [0.25, 0.3) is 0 Å². The molecule has 0 aromatic carbocycles. The fourth-order valence-corrected chi connectivity index (χ4v) is 4.36. The first-order valence-corrected chi connectivity index (χ1v) is 8.48. The lowest BCUT2D eigenvalue weighted by atomic mass is 9.94. The molecule has 0 saturated carbocycles. The van der Waals surface area contributed by atoms with Crippen LogP contribution in [-0.4, -0.2) is 61.7 Å². The summed E-state index contributed by atoms with van der Waals surface area (Å²) in [4.78, 5) is 5.40. The molecule has 3 rings (SSSR count). The molecular weight excluding hydrogens is 234 g/mol. The molecule has 3 saturated heterocycles. The molecule has 1 N–H and O–H groups in total. The van der Waals surface area contributed by atoms with Crippen LogP contribution in [0.25, 0.3) is 0 Å². The minimum absolute atomic E-state index is 0.851. The lowest BCUT2D eigenvalue weighted by Crippen LogP contribution is -2.37. The number of hydrogen-bond donors (Lipinski definition) is 1. The van der Waals surface area contributed by atoms with E-state index in [1.165, 1.54) is 77.7 Å². The third-order valence-corrected chi connectivity index (χ3v) is 5.72. The number of hydrogen-bond acceptors (Lipinski definition) is 3. The normalized spacial score (nSPS) is 37.4. The number of likely N-dealkylation sites (N-methyl/N-ethyl adjacent to an activating group) is 1. The van der Waals surface area contributed by atoms with Crippen LogP contribution in [0.2, 0.25) is 0 Å². The van der Waals surface area contributed by atoms with Crippen molar-refractivity contribution in [3.63, 3.8) is 0 Å². The van der Waals surface area contributed by atoms with Gasteiger partial charge in [0.2, 0.25) is 0 Å². The predicted molar refractivity (Wildman–Crippen MR) is 80.5 cm³/mol. The van der Waals surface area contributed by atoms with Crippen LogP contribution in [-0.2, 0) is 0 Å². The van der Waals surface area contributed by atoms with E-state index in [2.05, 4.69) is 22.2 Å². The predicted octanol–water partition coefficient (Wildman–Crippen LogP) is 1.93. The maximum atomic E-state index is 3.54. The van der Waals surface area contributed by atoms with Gasteiger partial charge >= 0.3 is 0 Å². The zero-order valence-corrected chi connectivity index (χ0v) is 12.6. The van der Waals surface area contributed by atoms with Gasteiger partial charge in [0.1, 0.15) is 0 Å². The number of rotatable bonds is 4. The average molecular weight is 265 g/mol. The zero-order chi connectivity index (χ0) is 13.1. The van der Waals surface area contributed by atoms with E-state index in [-0.39, 0.29) is 0 Å². The molecule has 3 nitrogen and oxygen atoms in total. The number of nitrogens with zero attached hydrogens (tertiary/aromatic N) is 2. The molecule has 0 aromatic heterocycles. The van der Waals surface area contributed by atoms with Crippen molar-refractivity contribution >= 4 is 0 Å². The van der Waals surface area contributed by atoms with Gasteiger partial charge in [0.15, 0.2) is 0 Å². The number of piperidine rings is 1. The molecule has 3 atom stereocenters. The highest BCUT2D eigenvalue weighted by molar-refractivity contribution is 4.90.